The molecule has 0 bridgehead atoms. The molecular weight excluding hydrogens is 413 g/mol. The molecule has 29 heavy (non-hydrogen) atoms. The van der Waals surface area contributed by atoms with Gasteiger partial charge < -0.3 is 14.8 Å². The van der Waals surface area contributed by atoms with Gasteiger partial charge in [-0.05, 0) is 44.0 Å². The number of aryl methyl sites for hydroxylation is 2. The van der Waals surface area contributed by atoms with E-state index in [1.54, 1.807) is 13.2 Å². The van der Waals surface area contributed by atoms with Crippen molar-refractivity contribution < 1.29 is 14.3 Å². The lowest BCUT2D eigenvalue weighted by Gasteiger charge is -2.17. The Morgan fingerprint density at radius 1 is 1.24 bits per heavy atom. The second kappa shape index (κ2) is 9.76. The van der Waals surface area contributed by atoms with Gasteiger partial charge >= 0.3 is 5.97 Å². The number of anilines is 2. The molecule has 1 aromatic carbocycles. The predicted molar refractivity (Wildman–Crippen MR) is 118 cm³/mol. The standard InChI is InChI=1S/C21H22ClN3O3.ClH/c1-5-8-28-21(26)15-11-23-20-14(7-6-13(3)24-20)19(15)25-17-9-12(2)16(22)10-18(17)27-4;/h6-7,9-11H,5,8H2,1-4H3,(H,23,24,25);1H. The molecule has 0 fully saturated rings. The zero-order chi connectivity index (χ0) is 20.3. The van der Waals surface area contributed by atoms with Crippen molar-refractivity contribution in [1.29, 1.82) is 0 Å². The van der Waals surface area contributed by atoms with Gasteiger partial charge in [-0.1, -0.05) is 18.5 Å². The monoisotopic (exact) mass is 435 g/mol. The normalized spacial score (nSPS) is 10.4. The van der Waals surface area contributed by atoms with Crippen LogP contribution in [-0.2, 0) is 4.74 Å². The Bertz CT molecular complexity index is 1040. The Hall–Kier alpha value is -2.57. The summed E-state index contributed by atoms with van der Waals surface area (Å²) in [6.45, 7) is 6.08. The van der Waals surface area contributed by atoms with E-state index < -0.39 is 5.97 Å². The minimum atomic E-state index is -0.441. The molecule has 0 aliphatic heterocycles. The lowest BCUT2D eigenvalue weighted by molar-refractivity contribution is 0.0506. The molecule has 0 atom stereocenters. The van der Waals surface area contributed by atoms with Crippen LogP contribution < -0.4 is 10.1 Å². The summed E-state index contributed by atoms with van der Waals surface area (Å²) in [5.41, 5.74) is 3.85. The lowest BCUT2D eigenvalue weighted by atomic mass is 10.1. The Labute approximate surface area is 181 Å². The van der Waals surface area contributed by atoms with Crippen molar-refractivity contribution in [2.75, 3.05) is 19.0 Å². The summed E-state index contributed by atoms with van der Waals surface area (Å²) in [5.74, 6) is 0.123. The largest absolute Gasteiger partial charge is 0.495 e. The zero-order valence-electron chi connectivity index (χ0n) is 16.7. The molecule has 2 aromatic heterocycles. The first-order valence-electron chi connectivity index (χ1n) is 8.99. The van der Waals surface area contributed by atoms with Gasteiger partial charge in [0.05, 0.1) is 25.1 Å². The fraction of sp³-hybridized carbons (Fsp3) is 0.286. The number of ether oxygens (including phenoxy) is 2. The minimum absolute atomic E-state index is 0. The van der Waals surface area contributed by atoms with Gasteiger partial charge in [-0.15, -0.1) is 12.4 Å². The molecule has 0 saturated heterocycles. The molecule has 0 spiro atoms. The van der Waals surface area contributed by atoms with Crippen LogP contribution in [0.4, 0.5) is 11.4 Å². The highest BCUT2D eigenvalue weighted by Crippen LogP contribution is 2.36. The van der Waals surface area contributed by atoms with Crippen LogP contribution in [0.15, 0.2) is 30.5 Å². The Kier molecular flexibility index (Phi) is 7.65. The maximum atomic E-state index is 12.6. The lowest BCUT2D eigenvalue weighted by Crippen LogP contribution is -2.11. The number of rotatable bonds is 6. The minimum Gasteiger partial charge on any atom is -0.495 e. The van der Waals surface area contributed by atoms with E-state index in [9.17, 15) is 4.79 Å². The topological polar surface area (TPSA) is 73.3 Å². The van der Waals surface area contributed by atoms with Crippen LogP contribution in [0.25, 0.3) is 11.0 Å². The summed E-state index contributed by atoms with van der Waals surface area (Å²) in [6.07, 6.45) is 2.23. The van der Waals surface area contributed by atoms with Crippen molar-refractivity contribution in [3.8, 4) is 5.75 Å². The number of carbonyl (C=O) groups excluding carboxylic acids is 1. The zero-order valence-corrected chi connectivity index (χ0v) is 18.3. The van der Waals surface area contributed by atoms with Gasteiger partial charge in [0.1, 0.15) is 11.3 Å². The fourth-order valence-electron chi connectivity index (χ4n) is 2.80. The molecule has 0 radical (unpaired) electrons. The van der Waals surface area contributed by atoms with Crippen LogP contribution in [0.3, 0.4) is 0 Å². The number of methoxy groups -OCH3 is 1. The molecule has 3 rings (SSSR count). The van der Waals surface area contributed by atoms with Crippen molar-refractivity contribution in [2.24, 2.45) is 0 Å². The second-order valence-corrected chi connectivity index (χ2v) is 6.84. The van der Waals surface area contributed by atoms with Crippen molar-refractivity contribution in [3.05, 3.63) is 52.3 Å². The summed E-state index contributed by atoms with van der Waals surface area (Å²) < 4.78 is 10.8. The molecular formula is C21H23Cl2N3O3. The molecule has 6 nitrogen and oxygen atoms in total. The van der Waals surface area contributed by atoms with Crippen molar-refractivity contribution >= 4 is 52.4 Å². The molecule has 8 heteroatoms. The van der Waals surface area contributed by atoms with Gasteiger partial charge in [0.15, 0.2) is 5.65 Å². The average Bonchev–Trinajstić information content (AvgIpc) is 2.68. The summed E-state index contributed by atoms with van der Waals surface area (Å²) in [4.78, 5) is 21.4. The quantitative estimate of drug-likeness (QED) is 0.504. The molecule has 154 valence electrons. The van der Waals surface area contributed by atoms with E-state index in [0.717, 1.165) is 17.7 Å². The summed E-state index contributed by atoms with van der Waals surface area (Å²) >= 11 is 6.22. The molecule has 0 saturated carbocycles. The van der Waals surface area contributed by atoms with Gasteiger partial charge in [0, 0.05) is 28.4 Å². The summed E-state index contributed by atoms with van der Waals surface area (Å²) in [6, 6.07) is 7.37. The molecule has 0 aliphatic rings. The third kappa shape index (κ3) is 4.89. The summed E-state index contributed by atoms with van der Waals surface area (Å²) in [7, 11) is 1.57. The first kappa shape index (κ1) is 22.7. The number of halogens is 2. The van der Waals surface area contributed by atoms with E-state index in [-0.39, 0.29) is 12.4 Å². The van der Waals surface area contributed by atoms with Crippen molar-refractivity contribution in [3.63, 3.8) is 0 Å². The highest BCUT2D eigenvalue weighted by molar-refractivity contribution is 6.31. The van der Waals surface area contributed by atoms with E-state index in [2.05, 4.69) is 15.3 Å². The van der Waals surface area contributed by atoms with Crippen LogP contribution in [0.1, 0.15) is 35.0 Å². The number of fused-ring (bicyclic) bond motifs is 1. The number of benzene rings is 1. The van der Waals surface area contributed by atoms with Crippen molar-refractivity contribution in [1.82, 2.24) is 9.97 Å². The number of nitrogens with zero attached hydrogens (tertiary/aromatic N) is 2. The number of nitrogens with one attached hydrogen (secondary N) is 1. The van der Waals surface area contributed by atoms with Gasteiger partial charge in [-0.2, -0.15) is 0 Å². The first-order valence-corrected chi connectivity index (χ1v) is 9.37. The van der Waals surface area contributed by atoms with Gasteiger partial charge in [-0.25, -0.2) is 14.8 Å². The van der Waals surface area contributed by atoms with Crippen LogP contribution >= 0.6 is 24.0 Å². The number of hydrogen-bond acceptors (Lipinski definition) is 6. The molecule has 0 amide bonds. The molecule has 3 aromatic rings. The first-order chi connectivity index (χ1) is 13.4. The third-order valence-corrected chi connectivity index (χ3v) is 4.67. The van der Waals surface area contributed by atoms with Crippen molar-refractivity contribution in [2.45, 2.75) is 27.2 Å². The van der Waals surface area contributed by atoms with Crippen LogP contribution in [0.2, 0.25) is 5.02 Å². The second-order valence-electron chi connectivity index (χ2n) is 6.43. The Morgan fingerprint density at radius 3 is 2.69 bits per heavy atom. The number of pyridine rings is 2. The molecule has 1 N–H and O–H groups in total. The Balaban J connectivity index is 0.00000300. The fourth-order valence-corrected chi connectivity index (χ4v) is 2.95. The predicted octanol–water partition coefficient (Wildman–Crippen LogP) is 5.64. The molecule has 0 unspecified atom stereocenters. The van der Waals surface area contributed by atoms with Crippen LogP contribution in [0, 0.1) is 13.8 Å². The molecule has 2 heterocycles. The average molecular weight is 436 g/mol. The number of esters is 1. The van der Waals surface area contributed by atoms with E-state index >= 15 is 0 Å². The third-order valence-electron chi connectivity index (χ3n) is 4.27. The Morgan fingerprint density at radius 2 is 2.00 bits per heavy atom. The number of aromatic nitrogens is 2. The maximum Gasteiger partial charge on any atom is 0.341 e. The smallest absolute Gasteiger partial charge is 0.341 e. The highest BCUT2D eigenvalue weighted by atomic mass is 35.5. The van der Waals surface area contributed by atoms with E-state index in [4.69, 9.17) is 21.1 Å². The number of hydrogen-bond donors (Lipinski definition) is 1. The summed E-state index contributed by atoms with van der Waals surface area (Å²) in [5, 5.41) is 4.63. The van der Waals surface area contributed by atoms with E-state index in [1.807, 2.05) is 39.0 Å². The van der Waals surface area contributed by atoms with E-state index in [0.29, 0.717) is 45.4 Å². The van der Waals surface area contributed by atoms with Gasteiger partial charge in [0.2, 0.25) is 0 Å². The van der Waals surface area contributed by atoms with Crippen LogP contribution in [-0.4, -0.2) is 29.7 Å². The highest BCUT2D eigenvalue weighted by Gasteiger charge is 2.19. The number of carbonyl (C=O) groups is 1. The van der Waals surface area contributed by atoms with E-state index in [1.165, 1.54) is 6.20 Å². The van der Waals surface area contributed by atoms with Crippen LogP contribution in [0.5, 0.6) is 5.75 Å². The van der Waals surface area contributed by atoms with Gasteiger partial charge in [0.25, 0.3) is 0 Å². The van der Waals surface area contributed by atoms with Gasteiger partial charge in [-0.3, -0.25) is 0 Å². The maximum absolute atomic E-state index is 12.6. The molecule has 0 aliphatic carbocycles. The SMILES string of the molecule is CCCOC(=O)c1cnc2nc(C)ccc2c1Nc1cc(C)c(Cl)cc1OC.Cl.